The number of rotatable bonds is 9. The van der Waals surface area contributed by atoms with Crippen LogP contribution in [0.2, 0.25) is 0 Å². The first-order valence-electron chi connectivity index (χ1n) is 10.8. The maximum Gasteiger partial charge on any atom is 0.250 e. The summed E-state index contributed by atoms with van der Waals surface area (Å²) in [5.41, 5.74) is 3.16. The van der Waals surface area contributed by atoms with E-state index in [0.29, 0.717) is 23.4 Å². The number of ketones is 1. The SMILES string of the molecule is CNCc1ccc(C(=N)CC(=O)c2cncc(-c3ccc(=O)n(Cc4nccn4C)c3)n2)cc1. The molecule has 9 nitrogen and oxygen atoms in total. The average Bonchev–Trinajstić information content (AvgIpc) is 3.25. The molecule has 0 aliphatic rings. The van der Waals surface area contributed by atoms with Crippen molar-refractivity contribution in [3.05, 3.63) is 100 Å². The van der Waals surface area contributed by atoms with Gasteiger partial charge in [0, 0.05) is 49.5 Å². The fourth-order valence-corrected chi connectivity index (χ4v) is 3.53. The van der Waals surface area contributed by atoms with E-state index in [-0.39, 0.29) is 29.2 Å². The first-order chi connectivity index (χ1) is 16.4. The number of nitrogens with one attached hydrogen (secondary N) is 2. The van der Waals surface area contributed by atoms with Crippen LogP contribution in [0, 0.1) is 5.41 Å². The Hall–Kier alpha value is -4.24. The monoisotopic (exact) mass is 455 g/mol. The van der Waals surface area contributed by atoms with Crippen LogP contribution in [-0.2, 0) is 20.1 Å². The average molecular weight is 456 g/mol. The Morgan fingerprint density at radius 2 is 1.91 bits per heavy atom. The number of aromatic nitrogens is 5. The van der Waals surface area contributed by atoms with E-state index < -0.39 is 0 Å². The zero-order valence-corrected chi connectivity index (χ0v) is 19.0. The fraction of sp³-hybridized carbons (Fsp3) is 0.200. The van der Waals surface area contributed by atoms with E-state index in [2.05, 4.69) is 20.3 Å². The van der Waals surface area contributed by atoms with Gasteiger partial charge in [-0.2, -0.15) is 0 Å². The highest BCUT2D eigenvalue weighted by Gasteiger charge is 2.14. The van der Waals surface area contributed by atoms with Gasteiger partial charge < -0.3 is 19.9 Å². The van der Waals surface area contributed by atoms with Gasteiger partial charge in [0.15, 0.2) is 5.78 Å². The summed E-state index contributed by atoms with van der Waals surface area (Å²) in [5, 5.41) is 11.4. The summed E-state index contributed by atoms with van der Waals surface area (Å²) in [6.45, 7) is 1.05. The second kappa shape index (κ2) is 10.1. The van der Waals surface area contributed by atoms with Crippen LogP contribution in [0.15, 0.2) is 72.2 Å². The zero-order chi connectivity index (χ0) is 24.1. The van der Waals surface area contributed by atoms with Gasteiger partial charge in [0.1, 0.15) is 11.5 Å². The molecule has 4 rings (SSSR count). The number of hydrogen-bond donors (Lipinski definition) is 2. The number of carbonyl (C=O) groups is 1. The van der Waals surface area contributed by atoms with Gasteiger partial charge in [-0.25, -0.2) is 9.97 Å². The molecule has 0 amide bonds. The zero-order valence-electron chi connectivity index (χ0n) is 19.0. The molecular weight excluding hydrogens is 430 g/mol. The van der Waals surface area contributed by atoms with E-state index in [1.165, 1.54) is 12.3 Å². The van der Waals surface area contributed by atoms with Crippen LogP contribution in [0.1, 0.15) is 33.9 Å². The first kappa shape index (κ1) is 22.9. The normalized spacial score (nSPS) is 10.9. The summed E-state index contributed by atoms with van der Waals surface area (Å²) >= 11 is 0. The molecule has 0 aliphatic heterocycles. The molecule has 0 bridgehead atoms. The van der Waals surface area contributed by atoms with Gasteiger partial charge in [-0.15, -0.1) is 0 Å². The molecule has 0 saturated carbocycles. The van der Waals surface area contributed by atoms with Gasteiger partial charge in [0.2, 0.25) is 0 Å². The quantitative estimate of drug-likeness (QED) is 0.296. The maximum absolute atomic E-state index is 12.8. The number of Topliss-reactive ketones (excluding diaryl/α,β-unsaturated/α-hetero) is 1. The van der Waals surface area contributed by atoms with Crippen molar-refractivity contribution < 1.29 is 4.79 Å². The second-order valence-corrected chi connectivity index (χ2v) is 7.93. The third kappa shape index (κ3) is 5.21. The number of aryl methyl sites for hydroxylation is 1. The van der Waals surface area contributed by atoms with Crippen molar-refractivity contribution in [3.63, 3.8) is 0 Å². The molecule has 0 spiro atoms. The summed E-state index contributed by atoms with van der Waals surface area (Å²) in [6, 6.07) is 10.7. The van der Waals surface area contributed by atoms with E-state index >= 15 is 0 Å². The fourth-order valence-electron chi connectivity index (χ4n) is 3.53. The van der Waals surface area contributed by atoms with Gasteiger partial charge in [0.05, 0.1) is 31.1 Å². The van der Waals surface area contributed by atoms with Crippen molar-refractivity contribution in [2.45, 2.75) is 19.5 Å². The summed E-state index contributed by atoms with van der Waals surface area (Å²) < 4.78 is 3.39. The van der Waals surface area contributed by atoms with Crippen molar-refractivity contribution in [2.75, 3.05) is 7.05 Å². The van der Waals surface area contributed by atoms with Crippen molar-refractivity contribution in [2.24, 2.45) is 7.05 Å². The van der Waals surface area contributed by atoms with E-state index in [4.69, 9.17) is 5.41 Å². The molecule has 0 saturated heterocycles. The number of pyridine rings is 1. The third-order valence-corrected chi connectivity index (χ3v) is 5.45. The van der Waals surface area contributed by atoms with Crippen molar-refractivity contribution >= 4 is 11.5 Å². The molecule has 172 valence electrons. The predicted octanol–water partition coefficient (Wildman–Crippen LogP) is 2.45. The Labute approximate surface area is 196 Å². The molecule has 1 aromatic carbocycles. The summed E-state index contributed by atoms with van der Waals surface area (Å²) in [6.07, 6.45) is 8.05. The van der Waals surface area contributed by atoms with Crippen molar-refractivity contribution in [3.8, 4) is 11.3 Å². The molecule has 4 aromatic rings. The van der Waals surface area contributed by atoms with Crippen LogP contribution in [0.3, 0.4) is 0 Å². The molecule has 9 heteroatoms. The largest absolute Gasteiger partial charge is 0.337 e. The predicted molar refractivity (Wildman–Crippen MR) is 129 cm³/mol. The van der Waals surface area contributed by atoms with E-state index in [1.807, 2.05) is 49.1 Å². The molecule has 0 unspecified atom stereocenters. The van der Waals surface area contributed by atoms with Crippen molar-refractivity contribution in [1.82, 2.24) is 29.4 Å². The molecule has 0 atom stereocenters. The Bertz CT molecular complexity index is 1390. The molecule has 3 aromatic heterocycles. The van der Waals surface area contributed by atoms with Crippen LogP contribution in [-0.4, -0.2) is 42.6 Å². The van der Waals surface area contributed by atoms with Crippen LogP contribution < -0.4 is 10.9 Å². The first-order valence-corrected chi connectivity index (χ1v) is 10.8. The van der Waals surface area contributed by atoms with E-state index in [9.17, 15) is 9.59 Å². The second-order valence-electron chi connectivity index (χ2n) is 7.93. The maximum atomic E-state index is 12.8. The number of benzene rings is 1. The van der Waals surface area contributed by atoms with Gasteiger partial charge in [-0.05, 0) is 24.2 Å². The lowest BCUT2D eigenvalue weighted by Gasteiger charge is -2.09. The van der Waals surface area contributed by atoms with Gasteiger partial charge in [-0.3, -0.25) is 14.6 Å². The molecule has 34 heavy (non-hydrogen) atoms. The van der Waals surface area contributed by atoms with Crippen LogP contribution >= 0.6 is 0 Å². The molecular formula is C25H25N7O2. The Morgan fingerprint density at radius 1 is 1.12 bits per heavy atom. The lowest BCUT2D eigenvalue weighted by atomic mass is 10.0. The van der Waals surface area contributed by atoms with Gasteiger partial charge in [-0.1, -0.05) is 24.3 Å². The minimum absolute atomic E-state index is 0.0812. The lowest BCUT2D eigenvalue weighted by molar-refractivity contribution is 0.0995. The number of hydrogen-bond acceptors (Lipinski definition) is 7. The van der Waals surface area contributed by atoms with E-state index in [1.54, 1.807) is 29.2 Å². The van der Waals surface area contributed by atoms with Crippen molar-refractivity contribution in [1.29, 1.82) is 5.41 Å². The lowest BCUT2D eigenvalue weighted by Crippen LogP contribution is -2.21. The number of carbonyl (C=O) groups excluding carboxylic acids is 1. The highest BCUT2D eigenvalue weighted by molar-refractivity contribution is 6.14. The van der Waals surface area contributed by atoms with Gasteiger partial charge in [0.25, 0.3) is 5.56 Å². The van der Waals surface area contributed by atoms with E-state index in [0.717, 1.165) is 17.9 Å². The molecule has 0 fully saturated rings. The molecule has 0 radical (unpaired) electrons. The summed E-state index contributed by atoms with van der Waals surface area (Å²) in [7, 11) is 3.74. The topological polar surface area (TPSA) is 119 Å². The smallest absolute Gasteiger partial charge is 0.250 e. The third-order valence-electron chi connectivity index (χ3n) is 5.45. The highest BCUT2D eigenvalue weighted by Crippen LogP contribution is 2.16. The Kier molecular flexibility index (Phi) is 6.84. The summed E-state index contributed by atoms with van der Waals surface area (Å²) in [4.78, 5) is 38.1. The Morgan fingerprint density at radius 3 is 2.62 bits per heavy atom. The van der Waals surface area contributed by atoms with Crippen LogP contribution in [0.4, 0.5) is 0 Å². The molecule has 2 N–H and O–H groups in total. The standard InChI is InChI=1S/C25H25N7O2/c1-27-12-17-3-5-18(6-4-17)20(26)11-23(33)22-14-28-13-21(30-22)19-7-8-25(34)32(15-19)16-24-29-9-10-31(24)2/h3-10,13-15,26-27H,11-12,16H2,1-2H3. The van der Waals surface area contributed by atoms with Crippen LogP contribution in [0.25, 0.3) is 11.3 Å². The summed E-state index contributed by atoms with van der Waals surface area (Å²) in [5.74, 6) is 0.451. The minimum atomic E-state index is -0.292. The number of imidazole rings is 1. The molecule has 3 heterocycles. The van der Waals surface area contributed by atoms with Crippen LogP contribution in [0.5, 0.6) is 0 Å². The Balaban J connectivity index is 1.52. The minimum Gasteiger partial charge on any atom is -0.337 e. The molecule has 0 aliphatic carbocycles. The number of nitrogens with zero attached hydrogens (tertiary/aromatic N) is 5. The van der Waals surface area contributed by atoms with Gasteiger partial charge >= 0.3 is 0 Å². The highest BCUT2D eigenvalue weighted by atomic mass is 16.1.